The third kappa shape index (κ3) is 7.05. The van der Waals surface area contributed by atoms with E-state index in [1.807, 2.05) is 0 Å². The van der Waals surface area contributed by atoms with E-state index in [2.05, 4.69) is 0 Å². The Bertz CT molecular complexity index is 298. The molecule has 0 aliphatic rings. The number of halogens is 3. The minimum Gasteiger partial charge on any atom is -0.377 e. The predicted octanol–water partition coefficient (Wildman–Crippen LogP) is 2.02. The molecule has 16 heavy (non-hydrogen) atoms. The number of hydrogen-bond donors (Lipinski definition) is 0. The zero-order chi connectivity index (χ0) is 13.0. The van der Waals surface area contributed by atoms with Gasteiger partial charge < -0.3 is 4.74 Å². The molecule has 0 aliphatic heterocycles. The Balaban J connectivity index is 4.17. The van der Waals surface area contributed by atoms with Gasteiger partial charge in [0.1, 0.15) is 9.84 Å². The van der Waals surface area contributed by atoms with Gasteiger partial charge in [0.25, 0.3) is 0 Å². The standard InChI is InChI=1S/C9H17F3O3S/c1-4-8(6-16(3,13)14)15-5-7(2)9(10,11)12/h7-8H,4-6H2,1-3H3/t7-,8?/m0/s1. The molecule has 0 heterocycles. The molecule has 98 valence electrons. The lowest BCUT2D eigenvalue weighted by Gasteiger charge is -2.20. The van der Waals surface area contributed by atoms with Crippen LogP contribution in [-0.2, 0) is 14.6 Å². The number of alkyl halides is 3. The van der Waals surface area contributed by atoms with E-state index in [4.69, 9.17) is 4.74 Å². The average molecular weight is 262 g/mol. The third-order valence-corrected chi connectivity index (χ3v) is 3.06. The molecule has 0 spiro atoms. The topological polar surface area (TPSA) is 43.4 Å². The highest BCUT2D eigenvalue weighted by molar-refractivity contribution is 7.90. The lowest BCUT2D eigenvalue weighted by molar-refractivity contribution is -0.186. The van der Waals surface area contributed by atoms with Crippen molar-refractivity contribution >= 4 is 9.84 Å². The Hall–Kier alpha value is -0.300. The van der Waals surface area contributed by atoms with Crippen LogP contribution in [-0.4, -0.2) is 39.3 Å². The lowest BCUT2D eigenvalue weighted by atomic mass is 10.2. The Kier molecular flexibility index (Phi) is 5.75. The van der Waals surface area contributed by atoms with Gasteiger partial charge in [0.2, 0.25) is 0 Å². The molecular weight excluding hydrogens is 245 g/mol. The Morgan fingerprint density at radius 1 is 1.31 bits per heavy atom. The van der Waals surface area contributed by atoms with Crippen LogP contribution in [0.2, 0.25) is 0 Å². The van der Waals surface area contributed by atoms with Gasteiger partial charge in [0, 0.05) is 6.26 Å². The highest BCUT2D eigenvalue weighted by atomic mass is 32.2. The van der Waals surface area contributed by atoms with Crippen molar-refractivity contribution in [3.05, 3.63) is 0 Å². The molecule has 0 N–H and O–H groups in total. The molecule has 1 unspecified atom stereocenters. The van der Waals surface area contributed by atoms with Gasteiger partial charge in [0.05, 0.1) is 24.4 Å². The molecule has 0 bridgehead atoms. The largest absolute Gasteiger partial charge is 0.393 e. The second-order valence-corrected chi connectivity index (χ2v) is 6.08. The monoisotopic (exact) mass is 262 g/mol. The summed E-state index contributed by atoms with van der Waals surface area (Å²) in [5.41, 5.74) is 0. The van der Waals surface area contributed by atoms with Gasteiger partial charge in [-0.3, -0.25) is 0 Å². The summed E-state index contributed by atoms with van der Waals surface area (Å²) in [6, 6.07) is 0. The SMILES string of the molecule is CCC(CS(C)(=O)=O)OC[C@H](C)C(F)(F)F. The molecule has 0 saturated heterocycles. The van der Waals surface area contributed by atoms with Crippen LogP contribution in [0.4, 0.5) is 13.2 Å². The number of ether oxygens (including phenoxy) is 1. The molecule has 0 aromatic rings. The maximum atomic E-state index is 12.1. The molecule has 0 amide bonds. The van der Waals surface area contributed by atoms with Crippen molar-refractivity contribution in [2.24, 2.45) is 5.92 Å². The van der Waals surface area contributed by atoms with Crippen LogP contribution in [0.1, 0.15) is 20.3 Å². The maximum absolute atomic E-state index is 12.1. The van der Waals surface area contributed by atoms with E-state index >= 15 is 0 Å². The van der Waals surface area contributed by atoms with Crippen LogP contribution < -0.4 is 0 Å². The van der Waals surface area contributed by atoms with Crippen molar-refractivity contribution in [2.75, 3.05) is 18.6 Å². The zero-order valence-electron chi connectivity index (χ0n) is 9.54. The van der Waals surface area contributed by atoms with Gasteiger partial charge in [-0.15, -0.1) is 0 Å². The van der Waals surface area contributed by atoms with E-state index in [1.165, 1.54) is 0 Å². The number of rotatable bonds is 6. The molecule has 0 fully saturated rings. The molecular formula is C9H17F3O3S. The Morgan fingerprint density at radius 3 is 2.12 bits per heavy atom. The molecule has 0 saturated carbocycles. The quantitative estimate of drug-likeness (QED) is 0.735. The molecule has 7 heteroatoms. The molecule has 0 aromatic carbocycles. The van der Waals surface area contributed by atoms with E-state index in [9.17, 15) is 21.6 Å². The summed E-state index contributed by atoms with van der Waals surface area (Å²) in [6.45, 7) is 2.18. The first-order valence-corrected chi connectivity index (χ1v) is 6.98. The Labute approximate surface area is 93.9 Å². The maximum Gasteiger partial charge on any atom is 0.393 e. The van der Waals surface area contributed by atoms with Crippen LogP contribution in [0.3, 0.4) is 0 Å². The van der Waals surface area contributed by atoms with Crippen molar-refractivity contribution in [2.45, 2.75) is 32.5 Å². The van der Waals surface area contributed by atoms with Crippen molar-refractivity contribution in [3.8, 4) is 0 Å². The molecule has 0 aliphatic carbocycles. The molecule has 3 nitrogen and oxygen atoms in total. The highest BCUT2D eigenvalue weighted by Crippen LogP contribution is 2.26. The van der Waals surface area contributed by atoms with E-state index in [1.54, 1.807) is 6.92 Å². The Morgan fingerprint density at radius 2 is 1.81 bits per heavy atom. The van der Waals surface area contributed by atoms with Crippen LogP contribution >= 0.6 is 0 Å². The summed E-state index contributed by atoms with van der Waals surface area (Å²) in [5, 5.41) is 0. The van der Waals surface area contributed by atoms with Crippen LogP contribution in [0.15, 0.2) is 0 Å². The van der Waals surface area contributed by atoms with Crippen molar-refractivity contribution in [1.29, 1.82) is 0 Å². The van der Waals surface area contributed by atoms with Crippen molar-refractivity contribution in [3.63, 3.8) is 0 Å². The van der Waals surface area contributed by atoms with Gasteiger partial charge in [0.15, 0.2) is 0 Å². The number of hydrogen-bond acceptors (Lipinski definition) is 3. The third-order valence-electron chi connectivity index (χ3n) is 2.08. The van der Waals surface area contributed by atoms with Crippen LogP contribution in [0.25, 0.3) is 0 Å². The molecule has 0 aromatic heterocycles. The van der Waals surface area contributed by atoms with Crippen molar-refractivity contribution < 1.29 is 26.3 Å². The van der Waals surface area contributed by atoms with Gasteiger partial charge in [-0.2, -0.15) is 13.2 Å². The summed E-state index contributed by atoms with van der Waals surface area (Å²) in [6.07, 6.45) is -3.56. The fourth-order valence-electron chi connectivity index (χ4n) is 0.996. The first kappa shape index (κ1) is 15.7. The van der Waals surface area contributed by atoms with Gasteiger partial charge in [-0.25, -0.2) is 8.42 Å². The van der Waals surface area contributed by atoms with Gasteiger partial charge in [-0.05, 0) is 6.42 Å². The second-order valence-electron chi connectivity index (χ2n) is 3.90. The second kappa shape index (κ2) is 5.86. The number of sulfone groups is 1. The van der Waals surface area contributed by atoms with E-state index < -0.39 is 34.6 Å². The molecule has 2 atom stereocenters. The van der Waals surface area contributed by atoms with Crippen LogP contribution in [0, 0.1) is 5.92 Å². The van der Waals surface area contributed by atoms with E-state index in [0.29, 0.717) is 6.42 Å². The van der Waals surface area contributed by atoms with Crippen molar-refractivity contribution in [1.82, 2.24) is 0 Å². The smallest absolute Gasteiger partial charge is 0.377 e. The minimum atomic E-state index is -4.30. The van der Waals surface area contributed by atoms with Gasteiger partial charge >= 0.3 is 6.18 Å². The van der Waals surface area contributed by atoms with Crippen LogP contribution in [0.5, 0.6) is 0 Å². The first-order chi connectivity index (χ1) is 7.06. The minimum absolute atomic E-state index is 0.242. The first-order valence-electron chi connectivity index (χ1n) is 4.92. The summed E-state index contributed by atoms with van der Waals surface area (Å²) in [7, 11) is -3.23. The average Bonchev–Trinajstić information content (AvgIpc) is 2.08. The molecule has 0 rings (SSSR count). The van der Waals surface area contributed by atoms with E-state index in [0.717, 1.165) is 13.2 Å². The summed E-state index contributed by atoms with van der Waals surface area (Å²) < 4.78 is 63.3. The van der Waals surface area contributed by atoms with Gasteiger partial charge in [-0.1, -0.05) is 13.8 Å². The fraction of sp³-hybridized carbons (Fsp3) is 1.00. The lowest BCUT2D eigenvalue weighted by Crippen LogP contribution is -2.30. The summed E-state index contributed by atoms with van der Waals surface area (Å²) >= 11 is 0. The van der Waals surface area contributed by atoms with E-state index in [-0.39, 0.29) is 5.75 Å². The predicted molar refractivity (Wildman–Crippen MR) is 55.0 cm³/mol. The summed E-state index contributed by atoms with van der Waals surface area (Å²) in [4.78, 5) is 0. The highest BCUT2D eigenvalue weighted by Gasteiger charge is 2.36. The summed E-state index contributed by atoms with van der Waals surface area (Å²) in [5.74, 6) is -1.82. The normalized spacial score (nSPS) is 17.1. The molecule has 0 radical (unpaired) electrons. The fourth-order valence-corrected chi connectivity index (χ4v) is 2.00. The zero-order valence-corrected chi connectivity index (χ0v) is 10.4.